The summed E-state index contributed by atoms with van der Waals surface area (Å²) in [6.07, 6.45) is 0. The highest BCUT2D eigenvalue weighted by atomic mass is 16.6. The van der Waals surface area contributed by atoms with Crippen LogP contribution in [0.15, 0.2) is 42.5 Å². The number of hydrogen-bond acceptors (Lipinski definition) is 7. The minimum absolute atomic E-state index is 0.0730. The number of amides is 1. The van der Waals surface area contributed by atoms with Gasteiger partial charge in [0.25, 0.3) is 11.6 Å². The standard InChI is InChI=1S/C18H15N3O6/c1-26-10-12-3-2-4-13(7-12)18(23)27-11-17(22)20-16-6-5-15(21(24)25)8-14(16)9-19/h2-8H,10-11H2,1H3,(H,20,22). The van der Waals surface area contributed by atoms with Gasteiger partial charge in [0.15, 0.2) is 6.61 Å². The van der Waals surface area contributed by atoms with E-state index in [1.165, 1.54) is 13.2 Å². The predicted molar refractivity (Wildman–Crippen MR) is 93.9 cm³/mol. The molecule has 2 aromatic carbocycles. The molecule has 1 amide bonds. The first-order chi connectivity index (χ1) is 12.9. The molecule has 27 heavy (non-hydrogen) atoms. The molecule has 0 radical (unpaired) electrons. The number of nitriles is 1. The second-order valence-corrected chi connectivity index (χ2v) is 5.36. The van der Waals surface area contributed by atoms with Gasteiger partial charge in [0.1, 0.15) is 6.07 Å². The molecule has 0 unspecified atom stereocenters. The molecule has 0 saturated heterocycles. The van der Waals surface area contributed by atoms with E-state index in [1.807, 2.05) is 0 Å². The molecule has 0 aromatic heterocycles. The summed E-state index contributed by atoms with van der Waals surface area (Å²) in [5.74, 6) is -1.37. The Bertz CT molecular complexity index is 920. The molecule has 0 aliphatic heterocycles. The number of nitro groups is 1. The van der Waals surface area contributed by atoms with E-state index in [9.17, 15) is 19.7 Å². The number of non-ortho nitro benzene ring substituents is 1. The minimum Gasteiger partial charge on any atom is -0.452 e. The molecule has 2 aromatic rings. The van der Waals surface area contributed by atoms with Crippen molar-refractivity contribution >= 4 is 23.3 Å². The largest absolute Gasteiger partial charge is 0.452 e. The van der Waals surface area contributed by atoms with Gasteiger partial charge in [-0.05, 0) is 23.8 Å². The van der Waals surface area contributed by atoms with Crippen molar-refractivity contribution in [3.63, 3.8) is 0 Å². The lowest BCUT2D eigenvalue weighted by Crippen LogP contribution is -2.21. The number of hydrogen-bond donors (Lipinski definition) is 1. The van der Waals surface area contributed by atoms with Crippen LogP contribution in [0.2, 0.25) is 0 Å². The third-order valence-electron chi connectivity index (χ3n) is 3.42. The topological polar surface area (TPSA) is 132 Å². The van der Waals surface area contributed by atoms with E-state index < -0.39 is 23.4 Å². The molecule has 9 heteroatoms. The molecule has 1 N–H and O–H groups in total. The molecule has 0 heterocycles. The van der Waals surface area contributed by atoms with Crippen molar-refractivity contribution in [2.24, 2.45) is 0 Å². The number of benzene rings is 2. The smallest absolute Gasteiger partial charge is 0.338 e. The second-order valence-electron chi connectivity index (χ2n) is 5.36. The number of carbonyl (C=O) groups excluding carboxylic acids is 2. The summed E-state index contributed by atoms with van der Waals surface area (Å²) in [7, 11) is 1.53. The Morgan fingerprint density at radius 2 is 2.04 bits per heavy atom. The number of carbonyl (C=O) groups is 2. The van der Waals surface area contributed by atoms with Gasteiger partial charge < -0.3 is 14.8 Å². The molecular weight excluding hydrogens is 354 g/mol. The van der Waals surface area contributed by atoms with E-state index in [4.69, 9.17) is 14.7 Å². The van der Waals surface area contributed by atoms with E-state index in [2.05, 4.69) is 5.32 Å². The van der Waals surface area contributed by atoms with Crippen LogP contribution in [0.3, 0.4) is 0 Å². The SMILES string of the molecule is COCc1cccc(C(=O)OCC(=O)Nc2ccc([N+](=O)[O-])cc2C#N)c1. The Labute approximate surface area is 154 Å². The van der Waals surface area contributed by atoms with Crippen molar-refractivity contribution in [2.45, 2.75) is 6.61 Å². The molecule has 0 spiro atoms. The molecule has 0 aliphatic carbocycles. The zero-order chi connectivity index (χ0) is 19.8. The van der Waals surface area contributed by atoms with Gasteiger partial charge in [0.05, 0.1) is 28.3 Å². The summed E-state index contributed by atoms with van der Waals surface area (Å²) in [4.78, 5) is 34.1. The van der Waals surface area contributed by atoms with E-state index in [0.29, 0.717) is 6.61 Å². The van der Waals surface area contributed by atoms with E-state index in [-0.39, 0.29) is 22.5 Å². The Hall–Kier alpha value is -3.77. The second kappa shape index (κ2) is 9.07. The lowest BCUT2D eigenvalue weighted by Gasteiger charge is -2.08. The van der Waals surface area contributed by atoms with Crippen molar-refractivity contribution in [1.29, 1.82) is 5.26 Å². The first kappa shape index (κ1) is 19.6. The first-order valence-corrected chi connectivity index (χ1v) is 7.68. The van der Waals surface area contributed by atoms with Crippen LogP contribution in [-0.2, 0) is 20.9 Å². The number of anilines is 1. The van der Waals surface area contributed by atoms with Gasteiger partial charge in [-0.2, -0.15) is 5.26 Å². The maximum Gasteiger partial charge on any atom is 0.338 e. The number of rotatable bonds is 7. The molecular formula is C18H15N3O6. The normalized spacial score (nSPS) is 9.93. The lowest BCUT2D eigenvalue weighted by atomic mass is 10.1. The van der Waals surface area contributed by atoms with Crippen LogP contribution in [-0.4, -0.2) is 30.5 Å². The molecule has 0 aliphatic rings. The highest BCUT2D eigenvalue weighted by Gasteiger charge is 2.15. The van der Waals surface area contributed by atoms with Gasteiger partial charge in [-0.3, -0.25) is 14.9 Å². The average molecular weight is 369 g/mol. The summed E-state index contributed by atoms with van der Waals surface area (Å²) < 4.78 is 9.94. The summed E-state index contributed by atoms with van der Waals surface area (Å²) in [5.41, 5.74) is 0.792. The Balaban J connectivity index is 1.98. The Morgan fingerprint density at radius 1 is 1.26 bits per heavy atom. The van der Waals surface area contributed by atoms with Gasteiger partial charge in [-0.1, -0.05) is 12.1 Å². The van der Waals surface area contributed by atoms with Crippen molar-refractivity contribution in [3.8, 4) is 6.07 Å². The lowest BCUT2D eigenvalue weighted by molar-refractivity contribution is -0.384. The summed E-state index contributed by atoms with van der Waals surface area (Å²) >= 11 is 0. The fourth-order valence-electron chi connectivity index (χ4n) is 2.20. The molecule has 0 atom stereocenters. The third kappa shape index (κ3) is 5.35. The maximum absolute atomic E-state index is 12.0. The van der Waals surface area contributed by atoms with Gasteiger partial charge >= 0.3 is 5.97 Å². The monoisotopic (exact) mass is 369 g/mol. The van der Waals surface area contributed by atoms with Crippen LogP contribution in [0.5, 0.6) is 0 Å². The van der Waals surface area contributed by atoms with Gasteiger partial charge in [0, 0.05) is 19.2 Å². The summed E-state index contributed by atoms with van der Waals surface area (Å²) in [6, 6.07) is 11.8. The zero-order valence-corrected chi connectivity index (χ0v) is 14.3. The molecule has 0 fully saturated rings. The molecule has 138 valence electrons. The Morgan fingerprint density at radius 3 is 2.70 bits per heavy atom. The van der Waals surface area contributed by atoms with Crippen LogP contribution in [0.1, 0.15) is 21.5 Å². The maximum atomic E-state index is 12.0. The zero-order valence-electron chi connectivity index (χ0n) is 14.3. The van der Waals surface area contributed by atoms with Crippen LogP contribution in [0, 0.1) is 21.4 Å². The summed E-state index contributed by atoms with van der Waals surface area (Å²) in [5, 5.41) is 22.2. The quantitative estimate of drug-likeness (QED) is 0.450. The van der Waals surface area contributed by atoms with Crippen molar-refractivity contribution in [3.05, 3.63) is 69.3 Å². The van der Waals surface area contributed by atoms with Crippen LogP contribution < -0.4 is 5.32 Å². The number of nitrogens with zero attached hydrogens (tertiary/aromatic N) is 2. The van der Waals surface area contributed by atoms with Crippen molar-refractivity contribution in [2.75, 3.05) is 19.0 Å². The number of nitrogens with one attached hydrogen (secondary N) is 1. The van der Waals surface area contributed by atoms with Crippen LogP contribution in [0.4, 0.5) is 11.4 Å². The fraction of sp³-hybridized carbons (Fsp3) is 0.167. The van der Waals surface area contributed by atoms with Crippen LogP contribution in [0.25, 0.3) is 0 Å². The molecule has 0 bridgehead atoms. The van der Waals surface area contributed by atoms with E-state index in [0.717, 1.165) is 17.7 Å². The highest BCUT2D eigenvalue weighted by molar-refractivity contribution is 5.96. The molecule has 0 saturated carbocycles. The van der Waals surface area contributed by atoms with Gasteiger partial charge in [-0.15, -0.1) is 0 Å². The van der Waals surface area contributed by atoms with Gasteiger partial charge in [0.2, 0.25) is 0 Å². The highest BCUT2D eigenvalue weighted by Crippen LogP contribution is 2.21. The van der Waals surface area contributed by atoms with Crippen molar-refractivity contribution in [1.82, 2.24) is 0 Å². The Kier molecular flexibility index (Phi) is 6.57. The van der Waals surface area contributed by atoms with E-state index >= 15 is 0 Å². The number of methoxy groups -OCH3 is 1. The fourth-order valence-corrected chi connectivity index (χ4v) is 2.20. The molecule has 2 rings (SSSR count). The third-order valence-corrected chi connectivity index (χ3v) is 3.42. The average Bonchev–Trinajstić information content (AvgIpc) is 2.66. The minimum atomic E-state index is -0.688. The van der Waals surface area contributed by atoms with E-state index in [1.54, 1.807) is 30.3 Å². The van der Waals surface area contributed by atoms with Crippen molar-refractivity contribution < 1.29 is 24.0 Å². The molecule has 9 nitrogen and oxygen atoms in total. The predicted octanol–water partition coefficient (Wildman–Crippen LogP) is 2.41. The number of ether oxygens (including phenoxy) is 2. The first-order valence-electron chi connectivity index (χ1n) is 7.68. The van der Waals surface area contributed by atoms with Crippen LogP contribution >= 0.6 is 0 Å². The van der Waals surface area contributed by atoms with Gasteiger partial charge in [-0.25, -0.2) is 4.79 Å². The summed E-state index contributed by atoms with van der Waals surface area (Å²) in [6.45, 7) is -0.242. The number of nitro benzene ring substituents is 1. The number of esters is 1.